The van der Waals surface area contributed by atoms with E-state index in [0.29, 0.717) is 24.3 Å². The van der Waals surface area contributed by atoms with Crippen LogP contribution in [0, 0.1) is 12.8 Å². The summed E-state index contributed by atoms with van der Waals surface area (Å²) in [6.45, 7) is 12.9. The maximum absolute atomic E-state index is 5.91. The van der Waals surface area contributed by atoms with Crippen LogP contribution in [0.2, 0.25) is 0 Å². The van der Waals surface area contributed by atoms with Crippen molar-refractivity contribution in [2.45, 2.75) is 59.6 Å². The fourth-order valence-electron chi connectivity index (χ4n) is 2.25. The average molecular weight is 280 g/mol. The van der Waals surface area contributed by atoms with E-state index in [0.717, 1.165) is 12.1 Å². The zero-order valence-corrected chi connectivity index (χ0v) is 13.5. The van der Waals surface area contributed by atoms with Gasteiger partial charge in [-0.2, -0.15) is 4.98 Å². The minimum atomic E-state index is -0.211. The van der Waals surface area contributed by atoms with Crippen molar-refractivity contribution in [2.24, 2.45) is 11.7 Å². The number of hydrogen-bond donors (Lipinski definition) is 2. The Morgan fingerprint density at radius 1 is 1.30 bits per heavy atom. The van der Waals surface area contributed by atoms with E-state index in [1.165, 1.54) is 0 Å². The normalized spacial score (nSPS) is 14.4. The number of aromatic nitrogens is 2. The molecule has 0 radical (unpaired) electrons. The zero-order chi connectivity index (χ0) is 15.3. The Bertz CT molecular complexity index is 434. The third-order valence-electron chi connectivity index (χ3n) is 2.91. The maximum Gasteiger partial charge on any atom is 0.226 e. The van der Waals surface area contributed by atoms with Gasteiger partial charge in [0.25, 0.3) is 0 Å². The summed E-state index contributed by atoms with van der Waals surface area (Å²) in [4.78, 5) is 8.84. The Hall–Kier alpha value is -1.36. The van der Waals surface area contributed by atoms with Gasteiger partial charge < -0.3 is 15.8 Å². The quantitative estimate of drug-likeness (QED) is 0.803. The van der Waals surface area contributed by atoms with Gasteiger partial charge in [-0.25, -0.2) is 4.98 Å². The molecule has 114 valence electrons. The molecule has 1 unspecified atom stereocenters. The first-order chi connectivity index (χ1) is 9.24. The van der Waals surface area contributed by atoms with Gasteiger partial charge in [0.05, 0.1) is 6.10 Å². The summed E-state index contributed by atoms with van der Waals surface area (Å²) in [7, 11) is 0. The summed E-state index contributed by atoms with van der Waals surface area (Å²) in [5.41, 5.74) is 6.58. The van der Waals surface area contributed by atoms with Crippen molar-refractivity contribution in [1.82, 2.24) is 9.97 Å². The van der Waals surface area contributed by atoms with E-state index in [1.54, 1.807) is 0 Å². The average Bonchev–Trinajstić information content (AvgIpc) is 2.25. The van der Waals surface area contributed by atoms with Crippen molar-refractivity contribution in [3.63, 3.8) is 0 Å². The van der Waals surface area contributed by atoms with Crippen LogP contribution in [0.4, 0.5) is 5.95 Å². The molecule has 1 heterocycles. The molecular weight excluding hydrogens is 252 g/mol. The van der Waals surface area contributed by atoms with Crippen molar-refractivity contribution in [3.05, 3.63) is 11.8 Å². The van der Waals surface area contributed by atoms with Crippen LogP contribution >= 0.6 is 0 Å². The minimum absolute atomic E-state index is 0.0914. The molecule has 0 bridgehead atoms. The van der Waals surface area contributed by atoms with Gasteiger partial charge in [-0.15, -0.1) is 0 Å². The fraction of sp³-hybridized carbons (Fsp3) is 0.733. The van der Waals surface area contributed by atoms with Gasteiger partial charge >= 0.3 is 0 Å². The molecule has 0 saturated carbocycles. The van der Waals surface area contributed by atoms with Crippen LogP contribution in [-0.4, -0.2) is 28.2 Å². The van der Waals surface area contributed by atoms with E-state index in [1.807, 2.05) is 26.8 Å². The fourth-order valence-corrected chi connectivity index (χ4v) is 2.25. The molecule has 0 fully saturated rings. The summed E-state index contributed by atoms with van der Waals surface area (Å²) >= 11 is 0. The molecule has 5 nitrogen and oxygen atoms in total. The third-order valence-corrected chi connectivity index (χ3v) is 2.91. The number of anilines is 1. The highest BCUT2D eigenvalue weighted by Crippen LogP contribution is 2.21. The molecule has 20 heavy (non-hydrogen) atoms. The van der Waals surface area contributed by atoms with E-state index < -0.39 is 0 Å². The van der Waals surface area contributed by atoms with Crippen LogP contribution in [0.25, 0.3) is 0 Å². The molecule has 3 N–H and O–H groups in total. The number of aryl methyl sites for hydroxylation is 1. The predicted molar refractivity (Wildman–Crippen MR) is 83.1 cm³/mol. The van der Waals surface area contributed by atoms with Crippen molar-refractivity contribution < 1.29 is 4.74 Å². The lowest BCUT2D eigenvalue weighted by Gasteiger charge is -2.31. The summed E-state index contributed by atoms with van der Waals surface area (Å²) in [5.74, 6) is 1.72. The Balaban J connectivity index is 2.92. The van der Waals surface area contributed by atoms with Crippen molar-refractivity contribution in [3.8, 4) is 5.88 Å². The molecule has 1 rings (SSSR count). The van der Waals surface area contributed by atoms with Crippen LogP contribution in [0.3, 0.4) is 0 Å². The van der Waals surface area contributed by atoms with Gasteiger partial charge in [0.1, 0.15) is 0 Å². The second kappa shape index (κ2) is 6.88. The van der Waals surface area contributed by atoms with Crippen LogP contribution in [-0.2, 0) is 0 Å². The lowest BCUT2D eigenvalue weighted by molar-refractivity contribution is 0.232. The molecule has 0 aliphatic carbocycles. The zero-order valence-electron chi connectivity index (χ0n) is 13.5. The van der Waals surface area contributed by atoms with Crippen LogP contribution in [0.5, 0.6) is 5.88 Å². The smallest absolute Gasteiger partial charge is 0.226 e. The first-order valence-corrected chi connectivity index (χ1v) is 7.24. The summed E-state index contributed by atoms with van der Waals surface area (Å²) < 4.78 is 5.64. The van der Waals surface area contributed by atoms with Gasteiger partial charge in [-0.3, -0.25) is 0 Å². The molecule has 0 aliphatic rings. The van der Waals surface area contributed by atoms with Gasteiger partial charge in [0.15, 0.2) is 0 Å². The molecule has 5 heteroatoms. The van der Waals surface area contributed by atoms with Gasteiger partial charge in [-0.05, 0) is 40.0 Å². The predicted octanol–water partition coefficient (Wildman–Crippen LogP) is 2.75. The molecule has 0 aliphatic heterocycles. The van der Waals surface area contributed by atoms with E-state index >= 15 is 0 Å². The van der Waals surface area contributed by atoms with Gasteiger partial charge in [-0.1, -0.05) is 13.8 Å². The Kier molecular flexibility index (Phi) is 5.74. The first-order valence-electron chi connectivity index (χ1n) is 7.24. The summed E-state index contributed by atoms with van der Waals surface area (Å²) in [6, 6.07) is 1.84. The number of rotatable bonds is 7. The highest BCUT2D eigenvalue weighted by molar-refractivity contribution is 5.34. The highest BCUT2D eigenvalue weighted by Gasteiger charge is 2.25. The third kappa shape index (κ3) is 5.33. The Labute approximate surface area is 122 Å². The van der Waals surface area contributed by atoms with Gasteiger partial charge in [0.2, 0.25) is 11.8 Å². The molecule has 1 aromatic heterocycles. The van der Waals surface area contributed by atoms with Crippen molar-refractivity contribution in [2.75, 3.05) is 11.9 Å². The second-order valence-corrected chi connectivity index (χ2v) is 6.33. The van der Waals surface area contributed by atoms with Crippen LogP contribution in [0.1, 0.15) is 46.7 Å². The monoisotopic (exact) mass is 280 g/mol. The second-order valence-electron chi connectivity index (χ2n) is 6.33. The van der Waals surface area contributed by atoms with Crippen LogP contribution < -0.4 is 15.8 Å². The van der Waals surface area contributed by atoms with E-state index in [2.05, 4.69) is 36.1 Å². The molecule has 0 aromatic carbocycles. The minimum Gasteiger partial charge on any atom is -0.475 e. The van der Waals surface area contributed by atoms with Gasteiger partial charge in [0, 0.05) is 23.8 Å². The lowest BCUT2D eigenvalue weighted by Crippen LogP contribution is -2.44. The summed E-state index contributed by atoms with van der Waals surface area (Å²) in [6.07, 6.45) is 1.05. The Morgan fingerprint density at radius 3 is 2.45 bits per heavy atom. The first kappa shape index (κ1) is 16.7. The molecule has 0 spiro atoms. The van der Waals surface area contributed by atoms with E-state index in [9.17, 15) is 0 Å². The summed E-state index contributed by atoms with van der Waals surface area (Å²) in [5, 5.41) is 3.36. The number of hydrogen-bond acceptors (Lipinski definition) is 5. The van der Waals surface area contributed by atoms with Crippen molar-refractivity contribution in [1.29, 1.82) is 0 Å². The highest BCUT2D eigenvalue weighted by atomic mass is 16.5. The van der Waals surface area contributed by atoms with Crippen LogP contribution in [0.15, 0.2) is 6.07 Å². The molecule has 0 saturated heterocycles. The van der Waals surface area contributed by atoms with Crippen molar-refractivity contribution >= 4 is 5.95 Å². The number of nitrogens with zero attached hydrogens (tertiary/aromatic N) is 2. The van der Waals surface area contributed by atoms with E-state index in [4.69, 9.17) is 10.5 Å². The maximum atomic E-state index is 5.91. The number of ether oxygens (including phenoxy) is 1. The largest absolute Gasteiger partial charge is 0.475 e. The number of nitrogens with two attached hydrogens (primary N) is 1. The topological polar surface area (TPSA) is 73.1 Å². The molecule has 1 atom stereocenters. The van der Waals surface area contributed by atoms with E-state index in [-0.39, 0.29) is 11.6 Å². The molecular formula is C15H28N4O. The standard InChI is InChI=1S/C15H28N4O/c1-10(2)8-15(6,9-16)19-14-17-12(5)7-13(18-14)20-11(3)4/h7,10-11H,8-9,16H2,1-6H3,(H,17,18,19). The SMILES string of the molecule is Cc1cc(OC(C)C)nc(NC(C)(CN)CC(C)C)n1. The lowest BCUT2D eigenvalue weighted by atomic mass is 9.91. The number of nitrogens with one attached hydrogen (secondary N) is 1. The molecule has 1 aromatic rings. The Morgan fingerprint density at radius 2 is 1.95 bits per heavy atom. The molecule has 0 amide bonds.